The van der Waals surface area contributed by atoms with E-state index in [1.807, 2.05) is 6.07 Å². The molecule has 0 saturated carbocycles. The van der Waals surface area contributed by atoms with Crippen molar-refractivity contribution >= 4 is 17.4 Å². The van der Waals surface area contributed by atoms with Gasteiger partial charge in [-0.1, -0.05) is 31.7 Å². The average Bonchev–Trinajstić information content (AvgIpc) is 2.85. The van der Waals surface area contributed by atoms with Gasteiger partial charge < -0.3 is 10.3 Å². The summed E-state index contributed by atoms with van der Waals surface area (Å²) in [6.07, 6.45) is 0. The Kier molecular flexibility index (Phi) is 5.20. The van der Waals surface area contributed by atoms with E-state index in [0.29, 0.717) is 12.5 Å². The Hall–Kier alpha value is -1.86. The van der Waals surface area contributed by atoms with Gasteiger partial charge in [0, 0.05) is 23.6 Å². The van der Waals surface area contributed by atoms with Crippen molar-refractivity contribution in [1.82, 2.24) is 9.55 Å². The highest BCUT2D eigenvalue weighted by Gasteiger charge is 2.19. The van der Waals surface area contributed by atoms with Crippen molar-refractivity contribution < 1.29 is 4.92 Å². The van der Waals surface area contributed by atoms with Crippen molar-refractivity contribution in [2.45, 2.75) is 49.7 Å². The van der Waals surface area contributed by atoms with E-state index in [9.17, 15) is 10.1 Å². The maximum Gasteiger partial charge on any atom is 0.270 e. The molecule has 0 fully saturated rings. The van der Waals surface area contributed by atoms with Gasteiger partial charge in [-0.2, -0.15) is 0 Å². The molecule has 0 aliphatic heterocycles. The zero-order chi connectivity index (χ0) is 16.3. The molecule has 7 heteroatoms. The van der Waals surface area contributed by atoms with E-state index >= 15 is 0 Å². The zero-order valence-corrected chi connectivity index (χ0v) is 13.8. The summed E-state index contributed by atoms with van der Waals surface area (Å²) in [6, 6.07) is 6.61. The fraction of sp³-hybridized carbons (Fsp3) is 0.400. The van der Waals surface area contributed by atoms with Crippen LogP contribution >= 0.6 is 11.8 Å². The number of benzene rings is 1. The number of aromatic nitrogens is 2. The Morgan fingerprint density at radius 1 is 1.45 bits per heavy atom. The van der Waals surface area contributed by atoms with Crippen LogP contribution in [0.3, 0.4) is 0 Å². The number of hydrogen-bond donors (Lipinski definition) is 1. The molecule has 1 aromatic carbocycles. The number of nitrogens with zero attached hydrogens (tertiary/aromatic N) is 3. The number of rotatable bonds is 6. The molecular weight excluding hydrogens is 300 g/mol. The van der Waals surface area contributed by atoms with Gasteiger partial charge in [-0.15, -0.1) is 0 Å². The van der Waals surface area contributed by atoms with Crippen molar-refractivity contribution in [1.29, 1.82) is 0 Å². The second-order valence-electron chi connectivity index (χ2n) is 5.18. The van der Waals surface area contributed by atoms with E-state index in [4.69, 9.17) is 5.73 Å². The third-order valence-corrected chi connectivity index (χ3v) is 4.32. The van der Waals surface area contributed by atoms with E-state index in [1.54, 1.807) is 12.1 Å². The van der Waals surface area contributed by atoms with Crippen LogP contribution in [-0.2, 0) is 13.1 Å². The fourth-order valence-electron chi connectivity index (χ4n) is 2.40. The molecule has 0 atom stereocenters. The monoisotopic (exact) mass is 320 g/mol. The Bertz CT molecular complexity index is 682. The number of hydrogen-bond acceptors (Lipinski definition) is 5. The molecule has 0 bridgehead atoms. The lowest BCUT2D eigenvalue weighted by molar-refractivity contribution is -0.385. The quantitative estimate of drug-likeness (QED) is 0.649. The topological polar surface area (TPSA) is 87.0 Å². The molecule has 0 radical (unpaired) electrons. The van der Waals surface area contributed by atoms with Crippen LogP contribution < -0.4 is 5.73 Å². The molecule has 2 N–H and O–H groups in total. The number of nitrogens with two attached hydrogens (primary N) is 1. The summed E-state index contributed by atoms with van der Waals surface area (Å²) < 4.78 is 2.13. The maximum absolute atomic E-state index is 10.9. The third-order valence-electron chi connectivity index (χ3n) is 3.34. The number of nitro benzene ring substituents is 1. The smallest absolute Gasteiger partial charge is 0.270 e. The lowest BCUT2D eigenvalue weighted by Gasteiger charge is -2.12. The summed E-state index contributed by atoms with van der Waals surface area (Å²) in [6.45, 7) is 7.47. The highest BCUT2D eigenvalue weighted by atomic mass is 32.2. The molecule has 2 rings (SSSR count). The van der Waals surface area contributed by atoms with E-state index < -0.39 is 0 Å². The van der Waals surface area contributed by atoms with Gasteiger partial charge in [-0.05, 0) is 18.9 Å². The van der Waals surface area contributed by atoms with Crippen LogP contribution in [0.2, 0.25) is 0 Å². The molecule has 0 unspecified atom stereocenters. The molecular formula is C15H20N4O2S. The first-order chi connectivity index (χ1) is 10.5. The Morgan fingerprint density at radius 2 is 2.18 bits per heavy atom. The molecule has 2 aromatic rings. The fourth-order valence-corrected chi connectivity index (χ4v) is 3.55. The average molecular weight is 320 g/mol. The lowest BCUT2D eigenvalue weighted by Crippen LogP contribution is -2.10. The van der Waals surface area contributed by atoms with Crippen molar-refractivity contribution in [2.75, 3.05) is 0 Å². The van der Waals surface area contributed by atoms with Crippen LogP contribution in [-0.4, -0.2) is 14.5 Å². The van der Waals surface area contributed by atoms with Crippen molar-refractivity contribution in [3.63, 3.8) is 0 Å². The lowest BCUT2D eigenvalue weighted by atomic mass is 10.1. The van der Waals surface area contributed by atoms with Crippen molar-refractivity contribution in [3.8, 4) is 0 Å². The van der Waals surface area contributed by atoms with Gasteiger partial charge >= 0.3 is 0 Å². The van der Waals surface area contributed by atoms with Gasteiger partial charge in [-0.3, -0.25) is 10.1 Å². The molecule has 6 nitrogen and oxygen atoms in total. The molecule has 0 amide bonds. The minimum atomic E-state index is -0.386. The molecule has 0 spiro atoms. The zero-order valence-electron chi connectivity index (χ0n) is 12.9. The highest BCUT2D eigenvalue weighted by Crippen LogP contribution is 2.35. The molecule has 0 saturated heterocycles. The van der Waals surface area contributed by atoms with Gasteiger partial charge in [0.2, 0.25) is 0 Å². The van der Waals surface area contributed by atoms with Gasteiger partial charge in [0.15, 0.2) is 0 Å². The SMILES string of the molecule is CCn1c(CN)nc(Sc2cccc([N+](=O)[O-])c2)c1C(C)C. The molecule has 1 heterocycles. The second-order valence-corrected chi connectivity index (χ2v) is 6.24. The molecule has 1 aromatic heterocycles. The van der Waals surface area contributed by atoms with Gasteiger partial charge in [0.1, 0.15) is 10.9 Å². The minimum absolute atomic E-state index is 0.0880. The largest absolute Gasteiger partial charge is 0.330 e. The summed E-state index contributed by atoms with van der Waals surface area (Å²) in [5.74, 6) is 1.15. The summed E-state index contributed by atoms with van der Waals surface area (Å²) in [5.41, 5.74) is 7.00. The first kappa shape index (κ1) is 16.5. The predicted molar refractivity (Wildman–Crippen MR) is 87.1 cm³/mol. The van der Waals surface area contributed by atoms with E-state index in [-0.39, 0.29) is 10.6 Å². The van der Waals surface area contributed by atoms with Crippen LogP contribution in [0.4, 0.5) is 5.69 Å². The van der Waals surface area contributed by atoms with Gasteiger partial charge in [0.05, 0.1) is 17.2 Å². The number of nitro groups is 1. The molecule has 22 heavy (non-hydrogen) atoms. The number of imidazole rings is 1. The van der Waals surface area contributed by atoms with E-state index in [0.717, 1.165) is 28.0 Å². The Morgan fingerprint density at radius 3 is 2.73 bits per heavy atom. The standard InChI is InChI=1S/C15H20N4O2S/c1-4-18-13(9-16)17-15(14(18)10(2)3)22-12-7-5-6-11(8-12)19(20)21/h5-8,10H,4,9,16H2,1-3H3. The second kappa shape index (κ2) is 6.93. The van der Waals surface area contributed by atoms with Crippen LogP contribution in [0.1, 0.15) is 38.2 Å². The molecule has 0 aliphatic carbocycles. The maximum atomic E-state index is 10.9. The van der Waals surface area contributed by atoms with Crippen LogP contribution in [0.5, 0.6) is 0 Å². The summed E-state index contributed by atoms with van der Waals surface area (Å²) in [7, 11) is 0. The Balaban J connectivity index is 2.43. The normalized spacial score (nSPS) is 11.1. The van der Waals surface area contributed by atoms with Gasteiger partial charge in [0.25, 0.3) is 5.69 Å². The predicted octanol–water partition coefficient (Wildman–Crippen LogP) is 3.54. The van der Waals surface area contributed by atoms with Gasteiger partial charge in [-0.25, -0.2) is 4.98 Å². The van der Waals surface area contributed by atoms with E-state index in [2.05, 4.69) is 30.3 Å². The first-order valence-corrected chi connectivity index (χ1v) is 8.01. The first-order valence-electron chi connectivity index (χ1n) is 7.19. The van der Waals surface area contributed by atoms with Crippen LogP contribution in [0.15, 0.2) is 34.2 Å². The Labute approximate surface area is 133 Å². The summed E-state index contributed by atoms with van der Waals surface area (Å²) in [5, 5.41) is 11.8. The third kappa shape index (κ3) is 3.31. The molecule has 0 aliphatic rings. The summed E-state index contributed by atoms with van der Waals surface area (Å²) >= 11 is 1.45. The minimum Gasteiger partial charge on any atom is -0.330 e. The van der Waals surface area contributed by atoms with Crippen molar-refractivity contribution in [2.24, 2.45) is 5.73 Å². The molecule has 118 valence electrons. The highest BCUT2D eigenvalue weighted by molar-refractivity contribution is 7.99. The van der Waals surface area contributed by atoms with Crippen LogP contribution in [0, 0.1) is 10.1 Å². The van der Waals surface area contributed by atoms with Crippen LogP contribution in [0.25, 0.3) is 0 Å². The van der Waals surface area contributed by atoms with Crippen molar-refractivity contribution in [3.05, 3.63) is 45.9 Å². The van der Waals surface area contributed by atoms with E-state index in [1.165, 1.54) is 17.8 Å². The summed E-state index contributed by atoms with van der Waals surface area (Å²) in [4.78, 5) is 15.9. The number of non-ortho nitro benzene ring substituents is 1.